The van der Waals surface area contributed by atoms with Crippen molar-refractivity contribution in [3.05, 3.63) is 63.9 Å². The summed E-state index contributed by atoms with van der Waals surface area (Å²) >= 11 is 3.44. The van der Waals surface area contributed by atoms with Crippen LogP contribution in [0.5, 0.6) is 5.75 Å². The number of carbonyl (C=O) groups excluding carboxylic acids is 1. The van der Waals surface area contributed by atoms with Crippen molar-refractivity contribution in [3.8, 4) is 5.75 Å². The molecule has 2 aromatic carbocycles. The van der Waals surface area contributed by atoms with Gasteiger partial charge in [0.2, 0.25) is 0 Å². The maximum atomic E-state index is 13.1. The van der Waals surface area contributed by atoms with Gasteiger partial charge in [0.25, 0.3) is 0 Å². The second kappa shape index (κ2) is 5.60. The summed E-state index contributed by atoms with van der Waals surface area (Å²) in [7, 11) is 0. The van der Waals surface area contributed by atoms with E-state index in [9.17, 15) is 9.18 Å². The number of ether oxygens (including phenoxy) is 1. The van der Waals surface area contributed by atoms with E-state index in [1.165, 1.54) is 12.1 Å². The summed E-state index contributed by atoms with van der Waals surface area (Å²) in [5.74, 6) is 0.226. The Morgan fingerprint density at radius 1 is 1.19 bits per heavy atom. The molecule has 1 aliphatic rings. The fourth-order valence-electron chi connectivity index (χ4n) is 2.80. The summed E-state index contributed by atoms with van der Waals surface area (Å²) in [6, 6.07) is 11.9. The largest absolute Gasteiger partial charge is 0.485 e. The van der Waals surface area contributed by atoms with Gasteiger partial charge in [-0.15, -0.1) is 0 Å². The molecule has 3 atom stereocenters. The minimum Gasteiger partial charge on any atom is -0.485 e. The highest BCUT2D eigenvalue weighted by atomic mass is 79.9. The van der Waals surface area contributed by atoms with E-state index >= 15 is 0 Å². The number of aldehydes is 1. The van der Waals surface area contributed by atoms with E-state index in [1.54, 1.807) is 12.1 Å². The predicted octanol–water partition coefficient (Wildman–Crippen LogP) is 4.64. The van der Waals surface area contributed by atoms with Crippen LogP contribution >= 0.6 is 15.9 Å². The molecule has 21 heavy (non-hydrogen) atoms. The van der Waals surface area contributed by atoms with Gasteiger partial charge in [-0.25, -0.2) is 4.39 Å². The van der Waals surface area contributed by atoms with E-state index in [1.807, 2.05) is 25.1 Å². The molecule has 0 fully saturated rings. The zero-order valence-corrected chi connectivity index (χ0v) is 13.0. The first kappa shape index (κ1) is 14.3. The number of hydrogen-bond acceptors (Lipinski definition) is 2. The molecule has 0 saturated carbocycles. The summed E-state index contributed by atoms with van der Waals surface area (Å²) in [5.41, 5.74) is 1.83. The van der Waals surface area contributed by atoms with Crippen LogP contribution in [0.2, 0.25) is 0 Å². The highest BCUT2D eigenvalue weighted by molar-refractivity contribution is 9.10. The lowest BCUT2D eigenvalue weighted by Crippen LogP contribution is -2.29. The number of hydrogen-bond donors (Lipinski definition) is 0. The Morgan fingerprint density at radius 3 is 2.57 bits per heavy atom. The Morgan fingerprint density at radius 2 is 1.90 bits per heavy atom. The van der Waals surface area contributed by atoms with Crippen LogP contribution in [0, 0.1) is 11.7 Å². The lowest BCUT2D eigenvalue weighted by Gasteiger charge is -2.35. The SMILES string of the molecule is CC1c2cc(Br)ccc2OC(c2ccc(F)cc2)C1C=O. The average Bonchev–Trinajstić information content (AvgIpc) is 2.48. The topological polar surface area (TPSA) is 26.3 Å². The lowest BCUT2D eigenvalue weighted by molar-refractivity contribution is -0.115. The summed E-state index contributed by atoms with van der Waals surface area (Å²) in [6.45, 7) is 2.02. The quantitative estimate of drug-likeness (QED) is 0.739. The smallest absolute Gasteiger partial charge is 0.134 e. The Balaban J connectivity index is 2.04. The van der Waals surface area contributed by atoms with Crippen molar-refractivity contribution in [2.75, 3.05) is 0 Å². The third kappa shape index (κ3) is 2.60. The van der Waals surface area contributed by atoms with Crippen LogP contribution < -0.4 is 4.74 Å². The Hall–Kier alpha value is -1.68. The highest BCUT2D eigenvalue weighted by Crippen LogP contribution is 2.45. The van der Waals surface area contributed by atoms with Crippen molar-refractivity contribution in [3.63, 3.8) is 0 Å². The molecule has 0 aromatic heterocycles. The molecule has 0 aliphatic carbocycles. The molecule has 2 nitrogen and oxygen atoms in total. The van der Waals surface area contributed by atoms with Crippen LogP contribution in [0.3, 0.4) is 0 Å². The molecule has 108 valence electrons. The molecule has 3 unspecified atom stereocenters. The number of carbonyl (C=O) groups is 1. The molecule has 0 spiro atoms. The van der Waals surface area contributed by atoms with Gasteiger partial charge in [-0.2, -0.15) is 0 Å². The number of rotatable bonds is 2. The Labute approximate surface area is 131 Å². The van der Waals surface area contributed by atoms with Gasteiger partial charge in [0, 0.05) is 4.47 Å². The average molecular weight is 349 g/mol. The molecule has 1 heterocycles. The van der Waals surface area contributed by atoms with Crippen LogP contribution in [0.4, 0.5) is 4.39 Å². The van der Waals surface area contributed by atoms with Gasteiger partial charge in [0.15, 0.2) is 0 Å². The summed E-state index contributed by atoms with van der Waals surface area (Å²) in [6.07, 6.45) is 0.550. The van der Waals surface area contributed by atoms with E-state index in [4.69, 9.17) is 4.74 Å². The number of benzene rings is 2. The van der Waals surface area contributed by atoms with Crippen LogP contribution in [0.1, 0.15) is 30.1 Å². The molecule has 0 N–H and O–H groups in total. The zero-order chi connectivity index (χ0) is 15.0. The second-order valence-electron chi connectivity index (χ2n) is 5.27. The minimum absolute atomic E-state index is 0.0406. The van der Waals surface area contributed by atoms with E-state index in [0.717, 1.165) is 27.6 Å². The van der Waals surface area contributed by atoms with Crippen molar-refractivity contribution in [2.24, 2.45) is 5.92 Å². The van der Waals surface area contributed by atoms with E-state index < -0.39 is 0 Å². The van der Waals surface area contributed by atoms with Crippen LogP contribution in [-0.2, 0) is 4.79 Å². The number of halogens is 2. The van der Waals surface area contributed by atoms with Gasteiger partial charge in [-0.1, -0.05) is 35.0 Å². The van der Waals surface area contributed by atoms with Crippen molar-refractivity contribution in [1.82, 2.24) is 0 Å². The number of fused-ring (bicyclic) bond motifs is 1. The molecular formula is C17H14BrFO2. The Kier molecular flexibility index (Phi) is 3.81. The van der Waals surface area contributed by atoms with E-state index in [0.29, 0.717) is 0 Å². The second-order valence-corrected chi connectivity index (χ2v) is 6.19. The molecule has 4 heteroatoms. The van der Waals surface area contributed by atoms with E-state index in [2.05, 4.69) is 15.9 Å². The van der Waals surface area contributed by atoms with Crippen molar-refractivity contribution >= 4 is 22.2 Å². The first-order valence-electron chi connectivity index (χ1n) is 6.77. The van der Waals surface area contributed by atoms with Crippen LogP contribution in [0.15, 0.2) is 46.9 Å². The third-order valence-electron chi connectivity index (χ3n) is 4.00. The standard InChI is InChI=1S/C17H14BrFO2/c1-10-14-8-12(18)4-7-16(14)21-17(15(10)9-20)11-2-5-13(19)6-3-11/h2-10,15,17H,1H3. The molecule has 1 aliphatic heterocycles. The van der Waals surface area contributed by atoms with Gasteiger partial charge in [-0.05, 0) is 47.4 Å². The molecule has 0 bridgehead atoms. The summed E-state index contributed by atoms with van der Waals surface area (Å²) in [5, 5.41) is 0. The highest BCUT2D eigenvalue weighted by Gasteiger charge is 2.36. The molecule has 3 rings (SSSR count). The third-order valence-corrected chi connectivity index (χ3v) is 4.49. The molecule has 0 amide bonds. The molecule has 0 radical (unpaired) electrons. The predicted molar refractivity (Wildman–Crippen MR) is 81.9 cm³/mol. The van der Waals surface area contributed by atoms with Crippen molar-refractivity contribution in [1.29, 1.82) is 0 Å². The van der Waals surface area contributed by atoms with Gasteiger partial charge in [0.05, 0.1) is 5.92 Å². The minimum atomic E-state index is -0.383. The van der Waals surface area contributed by atoms with Crippen LogP contribution in [0.25, 0.3) is 0 Å². The molecule has 0 saturated heterocycles. The molecule has 2 aromatic rings. The summed E-state index contributed by atoms with van der Waals surface area (Å²) in [4.78, 5) is 11.5. The van der Waals surface area contributed by atoms with Crippen molar-refractivity contribution < 1.29 is 13.9 Å². The van der Waals surface area contributed by atoms with Gasteiger partial charge in [-0.3, -0.25) is 0 Å². The normalized spacial score (nSPS) is 24.0. The maximum Gasteiger partial charge on any atom is 0.134 e. The zero-order valence-electron chi connectivity index (χ0n) is 11.4. The van der Waals surface area contributed by atoms with Gasteiger partial charge >= 0.3 is 0 Å². The first-order valence-corrected chi connectivity index (χ1v) is 7.56. The van der Waals surface area contributed by atoms with Gasteiger partial charge < -0.3 is 9.53 Å². The maximum absolute atomic E-state index is 13.1. The van der Waals surface area contributed by atoms with Gasteiger partial charge in [0.1, 0.15) is 24.0 Å². The fourth-order valence-corrected chi connectivity index (χ4v) is 3.18. The molecular weight excluding hydrogens is 335 g/mol. The van der Waals surface area contributed by atoms with Crippen LogP contribution in [-0.4, -0.2) is 6.29 Å². The monoisotopic (exact) mass is 348 g/mol. The lowest BCUT2D eigenvalue weighted by atomic mass is 9.80. The van der Waals surface area contributed by atoms with E-state index in [-0.39, 0.29) is 23.8 Å². The summed E-state index contributed by atoms with van der Waals surface area (Å²) < 4.78 is 20.0. The first-order chi connectivity index (χ1) is 10.1. The fraction of sp³-hybridized carbons (Fsp3) is 0.235. The van der Waals surface area contributed by atoms with Crippen molar-refractivity contribution in [2.45, 2.75) is 18.9 Å². The Bertz CT molecular complexity index is 669.